The molecule has 0 heterocycles. The molecule has 1 aromatic rings. The summed E-state index contributed by atoms with van der Waals surface area (Å²) in [6.45, 7) is 4.26. The molecule has 1 rings (SSSR count). The van der Waals surface area contributed by atoms with Gasteiger partial charge in [0.1, 0.15) is 6.04 Å². The van der Waals surface area contributed by atoms with Crippen molar-refractivity contribution in [1.29, 1.82) is 0 Å². The van der Waals surface area contributed by atoms with Crippen molar-refractivity contribution in [3.8, 4) is 0 Å². The number of hydrazine groups is 1. The van der Waals surface area contributed by atoms with E-state index in [1.807, 2.05) is 29.7 Å². The summed E-state index contributed by atoms with van der Waals surface area (Å²) in [6, 6.07) is 6.92. The van der Waals surface area contributed by atoms with Gasteiger partial charge in [0, 0.05) is 10.1 Å². The first-order chi connectivity index (χ1) is 7.54. The van der Waals surface area contributed by atoms with Gasteiger partial charge in [-0.3, -0.25) is 10.2 Å². The monoisotopic (exact) mass is 239 g/mol. The highest BCUT2D eigenvalue weighted by atomic mass is 32.2. The van der Waals surface area contributed by atoms with Gasteiger partial charge in [0.25, 0.3) is 5.91 Å². The van der Waals surface area contributed by atoms with Crippen LogP contribution in [0, 0.1) is 0 Å². The van der Waals surface area contributed by atoms with Gasteiger partial charge in [-0.15, -0.1) is 11.8 Å². The Balaban J connectivity index is 2.74. The lowest BCUT2D eigenvalue weighted by atomic mass is 10.1. The van der Waals surface area contributed by atoms with Gasteiger partial charge in [-0.05, 0) is 17.7 Å². The summed E-state index contributed by atoms with van der Waals surface area (Å²) in [5.41, 5.74) is 8.50. The molecule has 0 spiro atoms. The number of benzene rings is 1. The van der Waals surface area contributed by atoms with Crippen LogP contribution in [0.4, 0.5) is 0 Å². The van der Waals surface area contributed by atoms with Crippen LogP contribution in [0.3, 0.4) is 0 Å². The van der Waals surface area contributed by atoms with Gasteiger partial charge >= 0.3 is 0 Å². The van der Waals surface area contributed by atoms with Crippen LogP contribution in [0.2, 0.25) is 0 Å². The topological polar surface area (TPSA) is 81.1 Å². The molecule has 4 nitrogen and oxygen atoms in total. The van der Waals surface area contributed by atoms with E-state index in [0.717, 1.165) is 5.56 Å². The average Bonchev–Trinajstić information content (AvgIpc) is 2.27. The minimum Gasteiger partial charge on any atom is -0.316 e. The van der Waals surface area contributed by atoms with E-state index in [0.29, 0.717) is 5.25 Å². The number of hydrogen-bond acceptors (Lipinski definition) is 4. The zero-order valence-electron chi connectivity index (χ0n) is 9.44. The molecule has 16 heavy (non-hydrogen) atoms. The summed E-state index contributed by atoms with van der Waals surface area (Å²) in [5, 5.41) is 0.534. The summed E-state index contributed by atoms with van der Waals surface area (Å²) >= 11 is 1.77. The fourth-order valence-electron chi connectivity index (χ4n) is 1.27. The SMILES string of the molecule is CC(C)Sc1ccc(C(N)C(=O)NN)cc1. The Labute approximate surface area is 99.7 Å². The maximum absolute atomic E-state index is 11.2. The van der Waals surface area contributed by atoms with Gasteiger partial charge in [-0.1, -0.05) is 26.0 Å². The molecule has 1 atom stereocenters. The number of carbonyl (C=O) groups excluding carboxylic acids is 1. The van der Waals surface area contributed by atoms with E-state index in [1.165, 1.54) is 4.90 Å². The maximum Gasteiger partial charge on any atom is 0.255 e. The van der Waals surface area contributed by atoms with Crippen LogP contribution in [-0.2, 0) is 4.79 Å². The number of amides is 1. The van der Waals surface area contributed by atoms with Crippen molar-refractivity contribution in [2.45, 2.75) is 30.0 Å². The third-order valence-corrected chi connectivity index (χ3v) is 3.05. The highest BCUT2D eigenvalue weighted by molar-refractivity contribution is 7.99. The second kappa shape index (κ2) is 5.89. The molecule has 88 valence electrons. The largest absolute Gasteiger partial charge is 0.316 e. The summed E-state index contributed by atoms with van der Waals surface area (Å²) in [4.78, 5) is 12.4. The highest BCUT2D eigenvalue weighted by Gasteiger charge is 2.13. The Hall–Kier alpha value is -1.04. The standard InChI is InChI=1S/C11H17N3OS/c1-7(2)16-9-5-3-8(4-6-9)10(12)11(15)14-13/h3-7,10H,12-13H2,1-2H3,(H,14,15). The number of thioether (sulfide) groups is 1. The molecule has 0 aliphatic heterocycles. The van der Waals surface area contributed by atoms with Crippen LogP contribution < -0.4 is 17.0 Å². The molecule has 1 amide bonds. The molecule has 0 radical (unpaired) electrons. The minimum atomic E-state index is -0.705. The Morgan fingerprint density at radius 3 is 2.31 bits per heavy atom. The molecule has 0 aliphatic carbocycles. The Morgan fingerprint density at radius 2 is 1.88 bits per heavy atom. The van der Waals surface area contributed by atoms with Gasteiger partial charge in [0.2, 0.25) is 0 Å². The van der Waals surface area contributed by atoms with Gasteiger partial charge in [-0.2, -0.15) is 0 Å². The lowest BCUT2D eigenvalue weighted by Gasteiger charge is -2.11. The first-order valence-electron chi connectivity index (χ1n) is 5.07. The highest BCUT2D eigenvalue weighted by Crippen LogP contribution is 2.24. The van der Waals surface area contributed by atoms with Gasteiger partial charge in [-0.25, -0.2) is 5.84 Å². The Bertz CT molecular complexity index is 351. The van der Waals surface area contributed by atoms with E-state index in [2.05, 4.69) is 13.8 Å². The second-order valence-corrected chi connectivity index (χ2v) is 5.37. The number of rotatable bonds is 4. The Morgan fingerprint density at radius 1 is 1.31 bits per heavy atom. The van der Waals surface area contributed by atoms with E-state index < -0.39 is 6.04 Å². The van der Waals surface area contributed by atoms with Crippen molar-refractivity contribution in [3.05, 3.63) is 29.8 Å². The molecule has 0 aliphatic rings. The van der Waals surface area contributed by atoms with Crippen molar-refractivity contribution in [2.24, 2.45) is 11.6 Å². The van der Waals surface area contributed by atoms with Crippen LogP contribution in [0.15, 0.2) is 29.2 Å². The van der Waals surface area contributed by atoms with E-state index in [4.69, 9.17) is 11.6 Å². The molecular formula is C11H17N3OS. The van der Waals surface area contributed by atoms with Crippen molar-refractivity contribution in [3.63, 3.8) is 0 Å². The second-order valence-electron chi connectivity index (χ2n) is 3.72. The molecule has 1 unspecified atom stereocenters. The van der Waals surface area contributed by atoms with Gasteiger partial charge < -0.3 is 5.73 Å². The lowest BCUT2D eigenvalue weighted by Crippen LogP contribution is -2.38. The fourth-order valence-corrected chi connectivity index (χ4v) is 2.10. The predicted molar refractivity (Wildman–Crippen MR) is 66.7 cm³/mol. The van der Waals surface area contributed by atoms with Crippen LogP contribution in [0.5, 0.6) is 0 Å². The third kappa shape index (κ3) is 3.52. The first kappa shape index (κ1) is 13.0. The number of carbonyl (C=O) groups is 1. The predicted octanol–water partition coefficient (Wildman–Crippen LogP) is 1.18. The van der Waals surface area contributed by atoms with E-state index in [9.17, 15) is 4.79 Å². The van der Waals surface area contributed by atoms with E-state index in [-0.39, 0.29) is 5.91 Å². The zero-order valence-corrected chi connectivity index (χ0v) is 10.3. The van der Waals surface area contributed by atoms with E-state index >= 15 is 0 Å². The molecule has 0 fully saturated rings. The molecule has 0 saturated heterocycles. The fraction of sp³-hybridized carbons (Fsp3) is 0.364. The average molecular weight is 239 g/mol. The Kier molecular flexibility index (Phi) is 4.79. The van der Waals surface area contributed by atoms with Crippen molar-refractivity contribution in [1.82, 2.24) is 5.43 Å². The summed E-state index contributed by atoms with van der Waals surface area (Å²) in [7, 11) is 0. The van der Waals surface area contributed by atoms with Crippen molar-refractivity contribution >= 4 is 17.7 Å². The molecule has 1 aromatic carbocycles. The normalized spacial score (nSPS) is 12.6. The van der Waals surface area contributed by atoms with Crippen LogP contribution in [0.25, 0.3) is 0 Å². The summed E-state index contributed by atoms with van der Waals surface area (Å²) in [5.74, 6) is 4.64. The van der Waals surface area contributed by atoms with Gasteiger partial charge in [0.05, 0.1) is 0 Å². The van der Waals surface area contributed by atoms with Crippen molar-refractivity contribution < 1.29 is 4.79 Å². The molecule has 0 aromatic heterocycles. The minimum absolute atomic E-state index is 0.385. The van der Waals surface area contributed by atoms with Gasteiger partial charge in [0.15, 0.2) is 0 Å². The summed E-state index contributed by atoms with van der Waals surface area (Å²) < 4.78 is 0. The van der Waals surface area contributed by atoms with Crippen molar-refractivity contribution in [2.75, 3.05) is 0 Å². The smallest absolute Gasteiger partial charge is 0.255 e. The molecule has 5 heteroatoms. The van der Waals surface area contributed by atoms with Crippen LogP contribution >= 0.6 is 11.8 Å². The number of nitrogens with two attached hydrogens (primary N) is 2. The molecule has 0 saturated carbocycles. The van der Waals surface area contributed by atoms with E-state index in [1.54, 1.807) is 11.8 Å². The van der Waals surface area contributed by atoms with Crippen LogP contribution in [-0.4, -0.2) is 11.2 Å². The quantitative estimate of drug-likeness (QED) is 0.319. The molecule has 0 bridgehead atoms. The third-order valence-electron chi connectivity index (χ3n) is 2.04. The number of hydrogen-bond donors (Lipinski definition) is 3. The first-order valence-corrected chi connectivity index (χ1v) is 5.95. The summed E-state index contributed by atoms with van der Waals surface area (Å²) in [6.07, 6.45) is 0. The zero-order chi connectivity index (χ0) is 12.1. The molecular weight excluding hydrogens is 222 g/mol. The van der Waals surface area contributed by atoms with Crippen LogP contribution in [0.1, 0.15) is 25.5 Å². The maximum atomic E-state index is 11.2. The number of nitrogens with one attached hydrogen (secondary N) is 1. The molecule has 5 N–H and O–H groups in total. The lowest BCUT2D eigenvalue weighted by molar-refractivity contribution is -0.122.